The number of aryl methyl sites for hydroxylation is 1. The molecule has 1 saturated heterocycles. The summed E-state index contributed by atoms with van der Waals surface area (Å²) in [4.78, 5) is 23.8. The fraction of sp³-hybridized carbons (Fsp3) is 0.455. The second kappa shape index (κ2) is 5.10. The van der Waals surface area contributed by atoms with Crippen molar-refractivity contribution in [2.45, 2.75) is 13.3 Å². The molecule has 1 aliphatic rings. The average Bonchev–Trinajstić information content (AvgIpc) is 2.86. The number of amides is 1. The van der Waals surface area contributed by atoms with Crippen LogP contribution in [0.4, 0.5) is 5.00 Å². The van der Waals surface area contributed by atoms with Crippen molar-refractivity contribution in [2.75, 3.05) is 16.8 Å². The van der Waals surface area contributed by atoms with Gasteiger partial charge in [-0.3, -0.25) is 4.79 Å². The van der Waals surface area contributed by atoms with Gasteiger partial charge in [0.25, 0.3) is 0 Å². The van der Waals surface area contributed by atoms with E-state index in [2.05, 4.69) is 5.32 Å². The first-order chi connectivity index (χ1) is 8.08. The Hall–Kier alpha value is -1.01. The zero-order chi connectivity index (χ0) is 12.4. The number of nitrogens with one attached hydrogen (secondary N) is 1. The number of carbonyl (C=O) groups is 2. The van der Waals surface area contributed by atoms with Crippen molar-refractivity contribution in [1.82, 2.24) is 0 Å². The number of hydrogen-bond acceptors (Lipinski definition) is 4. The molecule has 2 rings (SSSR count). The lowest BCUT2D eigenvalue weighted by Crippen LogP contribution is -2.22. The highest BCUT2D eigenvalue weighted by Gasteiger charge is 2.25. The average molecular weight is 271 g/mol. The highest BCUT2D eigenvalue weighted by Crippen LogP contribution is 2.30. The van der Waals surface area contributed by atoms with Gasteiger partial charge in [-0.05, 0) is 25.2 Å². The number of rotatable bonds is 3. The molecular weight excluding hydrogens is 258 g/mol. The predicted octanol–water partition coefficient (Wildman–Crippen LogP) is 2.45. The Balaban J connectivity index is 2.12. The van der Waals surface area contributed by atoms with Crippen LogP contribution in [0.3, 0.4) is 0 Å². The monoisotopic (exact) mass is 271 g/mol. The van der Waals surface area contributed by atoms with Gasteiger partial charge in [-0.15, -0.1) is 11.3 Å². The highest BCUT2D eigenvalue weighted by molar-refractivity contribution is 7.99. The van der Waals surface area contributed by atoms with E-state index < -0.39 is 5.97 Å². The zero-order valence-corrected chi connectivity index (χ0v) is 11.0. The summed E-state index contributed by atoms with van der Waals surface area (Å²) in [5.74, 6) is 0.806. The Morgan fingerprint density at radius 2 is 2.29 bits per heavy atom. The largest absolute Gasteiger partial charge is 0.478 e. The molecule has 1 aromatic heterocycles. The molecule has 4 nitrogen and oxygen atoms in total. The molecule has 1 atom stereocenters. The topological polar surface area (TPSA) is 66.4 Å². The van der Waals surface area contributed by atoms with Gasteiger partial charge in [0.2, 0.25) is 5.91 Å². The number of carboxylic acids is 1. The number of aromatic carboxylic acids is 1. The zero-order valence-electron chi connectivity index (χ0n) is 9.36. The van der Waals surface area contributed by atoms with Crippen molar-refractivity contribution < 1.29 is 14.7 Å². The molecule has 6 heteroatoms. The molecule has 1 unspecified atom stereocenters. The fourth-order valence-electron chi connectivity index (χ4n) is 1.72. The van der Waals surface area contributed by atoms with Gasteiger partial charge in [0, 0.05) is 16.5 Å². The van der Waals surface area contributed by atoms with Crippen LogP contribution in [0.5, 0.6) is 0 Å². The fourth-order valence-corrected chi connectivity index (χ4v) is 3.85. The van der Waals surface area contributed by atoms with Crippen molar-refractivity contribution in [3.63, 3.8) is 0 Å². The van der Waals surface area contributed by atoms with Crippen LogP contribution >= 0.6 is 23.1 Å². The third kappa shape index (κ3) is 2.81. The van der Waals surface area contributed by atoms with Crippen molar-refractivity contribution in [3.8, 4) is 0 Å². The third-order valence-electron chi connectivity index (χ3n) is 2.62. The van der Waals surface area contributed by atoms with Gasteiger partial charge in [0.1, 0.15) is 5.00 Å². The van der Waals surface area contributed by atoms with E-state index in [9.17, 15) is 9.59 Å². The van der Waals surface area contributed by atoms with Crippen LogP contribution in [0.1, 0.15) is 21.7 Å². The molecular formula is C11H13NO3S2. The smallest absolute Gasteiger partial charge is 0.338 e. The molecule has 0 radical (unpaired) electrons. The molecule has 0 aromatic carbocycles. The maximum absolute atomic E-state index is 11.9. The Bertz CT molecular complexity index is 450. The molecule has 0 bridgehead atoms. The molecule has 1 aliphatic heterocycles. The lowest BCUT2D eigenvalue weighted by atomic mass is 10.1. The van der Waals surface area contributed by atoms with Crippen LogP contribution in [0.25, 0.3) is 0 Å². The van der Waals surface area contributed by atoms with Gasteiger partial charge in [-0.25, -0.2) is 4.79 Å². The first-order valence-electron chi connectivity index (χ1n) is 5.30. The minimum atomic E-state index is -0.995. The Kier molecular flexibility index (Phi) is 3.73. The standard InChI is InChI=1S/C11H13NO3S2/c1-6-4-8(11(14)15)10(17-6)12-9(13)7-2-3-16-5-7/h4,7H,2-3,5H2,1H3,(H,12,13)(H,14,15). The Morgan fingerprint density at radius 3 is 2.88 bits per heavy atom. The van der Waals surface area contributed by atoms with E-state index in [1.165, 1.54) is 11.3 Å². The SMILES string of the molecule is Cc1cc(C(=O)O)c(NC(=O)C2CCSC2)s1. The molecule has 2 heterocycles. The summed E-state index contributed by atoms with van der Waals surface area (Å²) in [6.45, 7) is 1.83. The van der Waals surface area contributed by atoms with E-state index in [1.54, 1.807) is 17.8 Å². The highest BCUT2D eigenvalue weighted by atomic mass is 32.2. The summed E-state index contributed by atoms with van der Waals surface area (Å²) in [7, 11) is 0. The molecule has 17 heavy (non-hydrogen) atoms. The second-order valence-electron chi connectivity index (χ2n) is 3.95. The van der Waals surface area contributed by atoms with Crippen LogP contribution in [-0.4, -0.2) is 28.5 Å². The summed E-state index contributed by atoms with van der Waals surface area (Å²) >= 11 is 3.07. The van der Waals surface area contributed by atoms with E-state index in [1.807, 2.05) is 6.92 Å². The van der Waals surface area contributed by atoms with Crippen molar-refractivity contribution in [2.24, 2.45) is 5.92 Å². The number of hydrogen-bond donors (Lipinski definition) is 2. The van der Waals surface area contributed by atoms with Crippen LogP contribution in [0.15, 0.2) is 6.07 Å². The van der Waals surface area contributed by atoms with E-state index in [-0.39, 0.29) is 17.4 Å². The van der Waals surface area contributed by atoms with Gasteiger partial charge in [0.15, 0.2) is 0 Å². The molecule has 1 aromatic rings. The number of thioether (sulfide) groups is 1. The number of carbonyl (C=O) groups excluding carboxylic acids is 1. The van der Waals surface area contributed by atoms with E-state index in [4.69, 9.17) is 5.11 Å². The normalized spacial score (nSPS) is 19.2. The maximum Gasteiger partial charge on any atom is 0.338 e. The van der Waals surface area contributed by atoms with Crippen molar-refractivity contribution in [3.05, 3.63) is 16.5 Å². The molecule has 1 fully saturated rings. The van der Waals surface area contributed by atoms with Gasteiger partial charge < -0.3 is 10.4 Å². The van der Waals surface area contributed by atoms with Crippen LogP contribution in [-0.2, 0) is 4.79 Å². The van der Waals surface area contributed by atoms with Crippen LogP contribution < -0.4 is 5.32 Å². The molecule has 1 amide bonds. The molecule has 0 spiro atoms. The summed E-state index contributed by atoms with van der Waals surface area (Å²) in [6.07, 6.45) is 0.878. The summed E-state index contributed by atoms with van der Waals surface area (Å²) < 4.78 is 0. The molecule has 0 aliphatic carbocycles. The number of anilines is 1. The van der Waals surface area contributed by atoms with Crippen LogP contribution in [0, 0.1) is 12.8 Å². The second-order valence-corrected chi connectivity index (χ2v) is 6.36. The van der Waals surface area contributed by atoms with Gasteiger partial charge >= 0.3 is 5.97 Å². The Labute approximate surface area is 107 Å². The van der Waals surface area contributed by atoms with Gasteiger partial charge in [-0.2, -0.15) is 11.8 Å². The summed E-state index contributed by atoms with van der Waals surface area (Å²) in [6, 6.07) is 1.59. The van der Waals surface area contributed by atoms with E-state index in [0.29, 0.717) is 5.00 Å². The Morgan fingerprint density at radius 1 is 1.53 bits per heavy atom. The first kappa shape index (κ1) is 12.4. The van der Waals surface area contributed by atoms with Gasteiger partial charge in [0.05, 0.1) is 5.56 Å². The molecule has 92 valence electrons. The van der Waals surface area contributed by atoms with Crippen molar-refractivity contribution in [1.29, 1.82) is 0 Å². The lowest BCUT2D eigenvalue weighted by molar-refractivity contribution is -0.119. The van der Waals surface area contributed by atoms with Crippen molar-refractivity contribution >= 4 is 40.0 Å². The third-order valence-corrected chi connectivity index (χ3v) is 4.75. The molecule has 0 saturated carbocycles. The van der Waals surface area contributed by atoms with Crippen LogP contribution in [0.2, 0.25) is 0 Å². The van der Waals surface area contributed by atoms with Gasteiger partial charge in [-0.1, -0.05) is 0 Å². The van der Waals surface area contributed by atoms with E-state index in [0.717, 1.165) is 22.8 Å². The molecule has 2 N–H and O–H groups in total. The maximum atomic E-state index is 11.9. The lowest BCUT2D eigenvalue weighted by Gasteiger charge is -2.08. The number of carboxylic acid groups (broad SMARTS) is 1. The number of thiophene rings is 1. The minimum absolute atomic E-state index is 0.0176. The summed E-state index contributed by atoms with van der Waals surface area (Å²) in [5, 5.41) is 12.2. The quantitative estimate of drug-likeness (QED) is 0.886. The minimum Gasteiger partial charge on any atom is -0.478 e. The predicted molar refractivity (Wildman–Crippen MR) is 70.1 cm³/mol. The van der Waals surface area contributed by atoms with E-state index >= 15 is 0 Å². The first-order valence-corrected chi connectivity index (χ1v) is 7.27. The summed E-state index contributed by atoms with van der Waals surface area (Å²) in [5.41, 5.74) is 0.187.